The van der Waals surface area contributed by atoms with Gasteiger partial charge in [-0.3, -0.25) is 24.0 Å². The van der Waals surface area contributed by atoms with E-state index < -0.39 is 0 Å². The summed E-state index contributed by atoms with van der Waals surface area (Å²) in [6, 6.07) is -0.296. The lowest BCUT2D eigenvalue weighted by molar-refractivity contribution is -0.124. The molecule has 1 atom stereocenters. The monoisotopic (exact) mass is 1170 g/mol. The quantitative estimate of drug-likeness (QED) is 0.0290. The van der Waals surface area contributed by atoms with Crippen molar-refractivity contribution in [1.82, 2.24) is 26.3 Å². The average Bonchev–Trinajstić information content (AvgIpc) is 3.42. The van der Waals surface area contributed by atoms with Crippen LogP contribution in [0.5, 0.6) is 0 Å². The smallest absolute Gasteiger partial charge is 0.222 e. The number of nitrogens with one attached hydrogen (secondary N) is 4. The molecule has 0 aromatic rings. The number of hydrogen-bond acceptors (Lipinski definition) is 21. The van der Waals surface area contributed by atoms with Crippen LogP contribution in [0.15, 0.2) is 11.9 Å². The van der Waals surface area contributed by atoms with Crippen LogP contribution in [-0.2, 0) is 85.6 Å². The molecule has 0 spiro atoms. The number of hydrogen-bond donors (Lipinski definition) is 6. The minimum absolute atomic E-state index is 0.0756. The molecule has 0 aromatic carbocycles. The highest BCUT2D eigenvalue weighted by Gasteiger charge is 2.14. The Labute approximate surface area is 484 Å². The van der Waals surface area contributed by atoms with E-state index in [0.717, 1.165) is 12.8 Å². The van der Waals surface area contributed by atoms with E-state index in [4.69, 9.17) is 73.2 Å². The molecule has 8 N–H and O–H groups in total. The first-order chi connectivity index (χ1) is 39.3. The molecule has 81 heavy (non-hydrogen) atoms. The Bertz CT molecular complexity index is 1470. The van der Waals surface area contributed by atoms with Crippen molar-refractivity contribution in [3.63, 3.8) is 0 Å². The zero-order valence-electron chi connectivity index (χ0n) is 50.3. The van der Waals surface area contributed by atoms with Crippen LogP contribution in [0.3, 0.4) is 0 Å². The van der Waals surface area contributed by atoms with Gasteiger partial charge in [-0.05, 0) is 73.1 Å². The Morgan fingerprint density at radius 3 is 1.22 bits per heavy atom. The first-order valence-electron chi connectivity index (χ1n) is 29.4. The van der Waals surface area contributed by atoms with Gasteiger partial charge in [-0.1, -0.05) is 12.8 Å². The summed E-state index contributed by atoms with van der Waals surface area (Å²) in [5.74, 6) is 5.83. The maximum absolute atomic E-state index is 13.1. The second-order valence-electron chi connectivity index (χ2n) is 19.4. The molecule has 25 nitrogen and oxygen atoms in total. The van der Waals surface area contributed by atoms with Gasteiger partial charge in [-0.25, -0.2) is 5.84 Å². The Balaban J connectivity index is 4.44. The van der Waals surface area contributed by atoms with E-state index in [1.54, 1.807) is 6.20 Å². The lowest BCUT2D eigenvalue weighted by Gasteiger charge is -2.19. The van der Waals surface area contributed by atoms with Gasteiger partial charge in [0.05, 0.1) is 177 Å². The third kappa shape index (κ3) is 62.2. The number of unbranched alkanes of at least 4 members (excludes halogenated alkanes) is 3. The molecule has 0 saturated carbocycles. The third-order valence-electron chi connectivity index (χ3n) is 11.2. The van der Waals surface area contributed by atoms with Crippen LogP contribution >= 0.6 is 0 Å². The molecule has 476 valence electrons. The van der Waals surface area contributed by atoms with Crippen LogP contribution < -0.4 is 32.8 Å². The summed E-state index contributed by atoms with van der Waals surface area (Å²) in [4.78, 5) is 61.2. The van der Waals surface area contributed by atoms with Gasteiger partial charge in [-0.15, -0.1) is 0 Å². The molecule has 0 bridgehead atoms. The molecule has 0 aliphatic heterocycles. The van der Waals surface area contributed by atoms with Crippen molar-refractivity contribution in [2.75, 3.05) is 185 Å². The summed E-state index contributed by atoms with van der Waals surface area (Å²) in [6.45, 7) is 21.3. The van der Waals surface area contributed by atoms with E-state index in [2.05, 4.69) is 21.3 Å². The predicted molar refractivity (Wildman–Crippen MR) is 306 cm³/mol. The number of nitrogens with zero attached hydrogens (tertiary/aromatic N) is 1. The fourth-order valence-electron chi connectivity index (χ4n) is 6.92. The van der Waals surface area contributed by atoms with Gasteiger partial charge in [0.25, 0.3) is 0 Å². The number of carbonyl (C=O) groups is 5. The molecule has 0 fully saturated rings. The number of nitrogens with two attached hydrogens (primary N) is 2. The minimum Gasteiger partial charge on any atom is -0.401 e. The SMILES string of the molecule is CC(=O)CCOCCOCCOCCOCCNC(=O)CCC/C(N)=C/N(N)CCCCCC(=O)NC(CCCCC(=O)NCCOCCOCCOCCOC(C)C)COCCC(=O)NCCOCCOCCOCCOC(C)C. The summed E-state index contributed by atoms with van der Waals surface area (Å²) < 4.78 is 71.4. The third-order valence-corrected chi connectivity index (χ3v) is 11.2. The van der Waals surface area contributed by atoms with Gasteiger partial charge < -0.3 is 93.6 Å². The Hall–Kier alpha value is -3.67. The number of hydrazine groups is 1. The van der Waals surface area contributed by atoms with Crippen LogP contribution in [0.25, 0.3) is 0 Å². The molecule has 25 heteroatoms. The van der Waals surface area contributed by atoms with Crippen LogP contribution in [0, 0.1) is 0 Å². The van der Waals surface area contributed by atoms with Crippen molar-refractivity contribution in [3.8, 4) is 0 Å². The average molecular weight is 1170 g/mol. The standard InChI is InChI=1S/C56H109N7O18/c1-48(2)80-44-42-77-40-38-75-34-30-70-25-19-59-53(65)14-9-8-13-52(47-79-24-18-55(67)61-21-27-72-31-35-76-39-41-78-43-45-81-49(3)4)62-56(68)15-7-6-10-22-63(58)46-51(57)12-11-16-54(66)60-20-26-71-29-33-74-37-36-73-32-28-69-23-17-50(5)64/h46,48-49,52H,6-45,47,57-58H2,1-5H3,(H,59,65)(H,60,66)(H,61,67)(H,62,68)/b51-46-. The van der Waals surface area contributed by atoms with Crippen LogP contribution in [0.4, 0.5) is 0 Å². The van der Waals surface area contributed by atoms with Crippen molar-refractivity contribution in [3.05, 3.63) is 11.9 Å². The van der Waals surface area contributed by atoms with E-state index >= 15 is 0 Å². The van der Waals surface area contributed by atoms with E-state index in [9.17, 15) is 24.0 Å². The molecule has 1 unspecified atom stereocenters. The zero-order valence-corrected chi connectivity index (χ0v) is 50.3. The molecule has 0 aliphatic rings. The first-order valence-corrected chi connectivity index (χ1v) is 29.4. The molecule has 0 aliphatic carbocycles. The second kappa shape index (κ2) is 59.5. The first kappa shape index (κ1) is 77.3. The van der Waals surface area contributed by atoms with Crippen molar-refractivity contribution >= 4 is 29.4 Å². The molecule has 0 radical (unpaired) electrons. The van der Waals surface area contributed by atoms with Crippen molar-refractivity contribution in [1.29, 1.82) is 0 Å². The number of ether oxygens (including phenoxy) is 13. The lowest BCUT2D eigenvalue weighted by Crippen LogP contribution is -2.38. The van der Waals surface area contributed by atoms with Gasteiger partial charge in [0.15, 0.2) is 0 Å². The van der Waals surface area contributed by atoms with E-state index in [1.165, 1.54) is 11.9 Å². The topological polar surface area (TPSA) is 309 Å². The Kier molecular flexibility index (Phi) is 56.8. The van der Waals surface area contributed by atoms with Crippen LogP contribution in [-0.4, -0.2) is 237 Å². The summed E-state index contributed by atoms with van der Waals surface area (Å²) in [6.07, 6.45) is 8.71. The number of amides is 4. The van der Waals surface area contributed by atoms with Gasteiger partial charge in [0, 0.05) is 70.2 Å². The second-order valence-corrected chi connectivity index (χ2v) is 19.4. The Morgan fingerprint density at radius 2 is 0.778 bits per heavy atom. The van der Waals surface area contributed by atoms with Crippen LogP contribution in [0.1, 0.15) is 118 Å². The maximum atomic E-state index is 13.1. The molecule has 0 saturated heterocycles. The van der Waals surface area contributed by atoms with Crippen LogP contribution in [0.2, 0.25) is 0 Å². The normalized spacial score (nSPS) is 12.1. The summed E-state index contributed by atoms with van der Waals surface area (Å²) in [5.41, 5.74) is 6.75. The Morgan fingerprint density at radius 1 is 0.407 bits per heavy atom. The number of Topliss-reactive ketones (excluding diaryl/α,β-unsaturated/α-hetero) is 1. The number of ketones is 1. The highest BCUT2D eigenvalue weighted by atomic mass is 16.6. The largest absolute Gasteiger partial charge is 0.401 e. The zero-order chi connectivity index (χ0) is 59.5. The molecular weight excluding hydrogens is 1060 g/mol. The van der Waals surface area contributed by atoms with Gasteiger partial charge >= 0.3 is 0 Å². The summed E-state index contributed by atoms with van der Waals surface area (Å²) in [7, 11) is 0. The minimum atomic E-state index is -0.296. The number of rotatable bonds is 63. The van der Waals surface area contributed by atoms with Crippen molar-refractivity contribution in [2.45, 2.75) is 136 Å². The van der Waals surface area contributed by atoms with Crippen molar-refractivity contribution in [2.24, 2.45) is 11.6 Å². The van der Waals surface area contributed by atoms with Gasteiger partial charge in [-0.2, -0.15) is 0 Å². The molecule has 0 rings (SSSR count). The molecular formula is C56H109N7O18. The number of carbonyl (C=O) groups excluding carboxylic acids is 5. The highest BCUT2D eigenvalue weighted by Crippen LogP contribution is 2.09. The molecule has 0 aromatic heterocycles. The van der Waals surface area contributed by atoms with E-state index in [-0.39, 0.29) is 67.3 Å². The fourth-order valence-corrected chi connectivity index (χ4v) is 6.92. The van der Waals surface area contributed by atoms with E-state index in [0.29, 0.717) is 241 Å². The number of allylic oxidation sites excluding steroid dienone is 1. The van der Waals surface area contributed by atoms with E-state index in [1.807, 2.05) is 27.7 Å². The van der Waals surface area contributed by atoms with Gasteiger partial charge in [0.1, 0.15) is 5.78 Å². The molecule has 0 heterocycles. The highest BCUT2D eigenvalue weighted by molar-refractivity contribution is 5.77. The predicted octanol–water partition coefficient (Wildman–Crippen LogP) is 2.49. The van der Waals surface area contributed by atoms with Crippen molar-refractivity contribution < 1.29 is 85.6 Å². The lowest BCUT2D eigenvalue weighted by atomic mass is 10.1. The fraction of sp³-hybridized carbons (Fsp3) is 0.875. The summed E-state index contributed by atoms with van der Waals surface area (Å²) >= 11 is 0. The maximum Gasteiger partial charge on any atom is 0.222 e. The molecule has 4 amide bonds. The summed E-state index contributed by atoms with van der Waals surface area (Å²) in [5, 5.41) is 13.2. The van der Waals surface area contributed by atoms with Gasteiger partial charge in [0.2, 0.25) is 23.6 Å².